The fourth-order valence-electron chi connectivity index (χ4n) is 5.07. The summed E-state index contributed by atoms with van der Waals surface area (Å²) in [6.45, 7) is 5.58. The Balaban J connectivity index is 1.47. The monoisotopic (exact) mass is 507 g/mol. The second-order valence-electron chi connectivity index (χ2n) is 10.0. The Kier molecular flexibility index (Phi) is 5.68. The molecule has 3 aromatic heterocycles. The molecule has 0 bridgehead atoms. The maximum absolute atomic E-state index is 15.1. The molecule has 0 N–H and O–H groups in total. The average molecular weight is 508 g/mol. The highest BCUT2D eigenvalue weighted by molar-refractivity contribution is 6.30. The Morgan fingerprint density at radius 1 is 1.14 bits per heavy atom. The largest absolute Gasteiger partial charge is 0.370 e. The molecule has 2 aliphatic rings. The predicted octanol–water partition coefficient (Wildman–Crippen LogP) is 5.72. The molecule has 36 heavy (non-hydrogen) atoms. The van der Waals surface area contributed by atoms with E-state index in [0.29, 0.717) is 45.8 Å². The predicted molar refractivity (Wildman–Crippen MR) is 135 cm³/mol. The molecule has 2 fully saturated rings. The lowest BCUT2D eigenvalue weighted by molar-refractivity contribution is -0.0506. The first-order valence-corrected chi connectivity index (χ1v) is 12.7. The Labute approximate surface area is 212 Å². The van der Waals surface area contributed by atoms with Crippen molar-refractivity contribution in [3.8, 4) is 11.3 Å². The van der Waals surface area contributed by atoms with E-state index in [0.717, 1.165) is 12.0 Å². The molecule has 0 radical (unpaired) electrons. The third-order valence-electron chi connectivity index (χ3n) is 7.33. The van der Waals surface area contributed by atoms with Crippen LogP contribution in [0.3, 0.4) is 0 Å². The summed E-state index contributed by atoms with van der Waals surface area (Å²) in [5.74, 6) is -0.498. The van der Waals surface area contributed by atoms with Crippen molar-refractivity contribution >= 4 is 17.2 Å². The molecule has 1 aliphatic carbocycles. The highest BCUT2D eigenvalue weighted by Crippen LogP contribution is 2.41. The van der Waals surface area contributed by atoms with E-state index in [1.807, 2.05) is 17.8 Å². The smallest absolute Gasteiger partial charge is 0.261 e. The molecule has 1 saturated carbocycles. The van der Waals surface area contributed by atoms with Crippen LogP contribution in [0.25, 0.3) is 16.9 Å². The van der Waals surface area contributed by atoms with Gasteiger partial charge in [-0.2, -0.15) is 5.10 Å². The molecule has 1 aliphatic heterocycles. The van der Waals surface area contributed by atoms with Crippen LogP contribution in [0.4, 0.5) is 4.39 Å². The SMILES string of the molecule is Cc1nc2c(-c3ccc(Cl)cc3F)nc([C@H]3C[C@@H](c4cnn(C5CC5)c4)O[C@@H](C)C3)cn2c(=O)c1C. The maximum Gasteiger partial charge on any atom is 0.261 e. The van der Waals surface area contributed by atoms with Gasteiger partial charge in [-0.1, -0.05) is 11.6 Å². The van der Waals surface area contributed by atoms with Gasteiger partial charge in [-0.15, -0.1) is 0 Å². The number of hydrogen-bond acceptors (Lipinski definition) is 5. The lowest BCUT2D eigenvalue weighted by Gasteiger charge is -2.33. The van der Waals surface area contributed by atoms with Crippen molar-refractivity contribution in [3.63, 3.8) is 0 Å². The van der Waals surface area contributed by atoms with Gasteiger partial charge < -0.3 is 4.74 Å². The van der Waals surface area contributed by atoms with Crippen LogP contribution in [-0.4, -0.2) is 30.3 Å². The van der Waals surface area contributed by atoms with Gasteiger partial charge >= 0.3 is 0 Å². The number of halogens is 2. The van der Waals surface area contributed by atoms with Gasteiger partial charge in [0.25, 0.3) is 5.56 Å². The van der Waals surface area contributed by atoms with Gasteiger partial charge in [0.05, 0.1) is 30.1 Å². The zero-order valence-electron chi connectivity index (χ0n) is 20.4. The van der Waals surface area contributed by atoms with Crippen LogP contribution < -0.4 is 5.56 Å². The molecule has 4 aromatic rings. The standard InChI is InChI=1S/C27H27ClFN5O2/c1-14-8-17(9-24(36-14)18-11-30-34(12-18)20-5-6-20)23-13-33-26(31-16(3)15(2)27(33)35)25(32-23)21-7-4-19(28)10-22(21)29/h4,7,10-14,17,20,24H,5-6,8-9H2,1-3H3/t14-,17+,24-/m0/s1. The molecular formula is C27H27ClFN5O2. The Morgan fingerprint density at radius 2 is 1.94 bits per heavy atom. The van der Waals surface area contributed by atoms with Crippen molar-refractivity contribution < 1.29 is 9.13 Å². The quantitative estimate of drug-likeness (QED) is 0.353. The lowest BCUT2D eigenvalue weighted by Crippen LogP contribution is -2.27. The average Bonchev–Trinajstić information content (AvgIpc) is 3.58. The van der Waals surface area contributed by atoms with Crippen molar-refractivity contribution in [3.05, 3.63) is 80.5 Å². The van der Waals surface area contributed by atoms with Crippen LogP contribution in [0.1, 0.15) is 73.2 Å². The van der Waals surface area contributed by atoms with Crippen LogP contribution >= 0.6 is 11.6 Å². The number of ether oxygens (including phenoxy) is 1. The minimum absolute atomic E-state index is 0.00930. The van der Waals surface area contributed by atoms with E-state index >= 15 is 4.39 Å². The first-order chi connectivity index (χ1) is 17.3. The van der Waals surface area contributed by atoms with Crippen LogP contribution in [0, 0.1) is 19.7 Å². The Hall–Kier alpha value is -3.10. The van der Waals surface area contributed by atoms with E-state index in [9.17, 15) is 4.79 Å². The highest BCUT2D eigenvalue weighted by Gasteiger charge is 2.33. The second kappa shape index (κ2) is 8.78. The number of hydrogen-bond donors (Lipinski definition) is 0. The Bertz CT molecular complexity index is 1540. The maximum atomic E-state index is 15.1. The Morgan fingerprint density at radius 3 is 2.69 bits per heavy atom. The molecular weight excluding hydrogens is 481 g/mol. The highest BCUT2D eigenvalue weighted by atomic mass is 35.5. The topological polar surface area (TPSA) is 74.3 Å². The van der Waals surface area contributed by atoms with Crippen molar-refractivity contribution in [2.75, 3.05) is 0 Å². The summed E-state index contributed by atoms with van der Waals surface area (Å²) in [6.07, 6.45) is 9.35. The number of nitrogens with zero attached hydrogens (tertiary/aromatic N) is 5. The van der Waals surface area contributed by atoms with Crippen molar-refractivity contribution in [1.82, 2.24) is 24.1 Å². The number of rotatable bonds is 4. The summed E-state index contributed by atoms with van der Waals surface area (Å²) in [7, 11) is 0. The van der Waals surface area contributed by atoms with Crippen molar-refractivity contribution in [2.45, 2.75) is 70.6 Å². The van der Waals surface area contributed by atoms with Crippen LogP contribution in [0.2, 0.25) is 5.02 Å². The van der Waals surface area contributed by atoms with Gasteiger partial charge in [0.15, 0.2) is 5.65 Å². The van der Waals surface area contributed by atoms with Gasteiger partial charge in [0, 0.05) is 45.7 Å². The van der Waals surface area contributed by atoms with E-state index in [2.05, 4.69) is 16.3 Å². The second-order valence-corrected chi connectivity index (χ2v) is 10.5. The lowest BCUT2D eigenvalue weighted by atomic mass is 9.87. The summed E-state index contributed by atoms with van der Waals surface area (Å²) in [5.41, 5.74) is 3.66. The third kappa shape index (κ3) is 4.12. The third-order valence-corrected chi connectivity index (χ3v) is 7.56. The molecule has 3 atom stereocenters. The van der Waals surface area contributed by atoms with E-state index in [1.54, 1.807) is 32.2 Å². The molecule has 0 unspecified atom stereocenters. The van der Waals surface area contributed by atoms with Crippen LogP contribution in [-0.2, 0) is 4.74 Å². The first-order valence-electron chi connectivity index (χ1n) is 12.3. The van der Waals surface area contributed by atoms with Crippen molar-refractivity contribution in [2.24, 2.45) is 0 Å². The van der Waals surface area contributed by atoms with Gasteiger partial charge in [-0.25, -0.2) is 14.4 Å². The van der Waals surface area contributed by atoms with E-state index < -0.39 is 5.82 Å². The van der Waals surface area contributed by atoms with Gasteiger partial charge in [-0.3, -0.25) is 13.9 Å². The van der Waals surface area contributed by atoms with Gasteiger partial charge in [-0.05, 0) is 64.7 Å². The number of aryl methyl sites for hydroxylation is 1. The first kappa shape index (κ1) is 23.3. The molecule has 6 rings (SSSR count). The molecule has 0 spiro atoms. The summed E-state index contributed by atoms with van der Waals surface area (Å²) in [5, 5.41) is 4.83. The van der Waals surface area contributed by atoms with E-state index in [1.165, 1.54) is 23.3 Å². The fourth-order valence-corrected chi connectivity index (χ4v) is 5.23. The van der Waals surface area contributed by atoms with Gasteiger partial charge in [0.1, 0.15) is 11.5 Å². The summed E-state index contributed by atoms with van der Waals surface area (Å²) in [6, 6.07) is 4.96. The molecule has 1 saturated heterocycles. The molecule has 186 valence electrons. The van der Waals surface area contributed by atoms with Gasteiger partial charge in [0.2, 0.25) is 0 Å². The summed E-state index contributed by atoms with van der Waals surface area (Å²) < 4.78 is 24.9. The zero-order valence-corrected chi connectivity index (χ0v) is 21.2. The fraction of sp³-hybridized carbons (Fsp3) is 0.407. The molecule has 1 aromatic carbocycles. The molecule has 4 heterocycles. The normalized spacial score (nSPS) is 22.3. The number of aromatic nitrogens is 5. The van der Waals surface area contributed by atoms with E-state index in [4.69, 9.17) is 21.3 Å². The molecule has 9 heteroatoms. The minimum Gasteiger partial charge on any atom is -0.370 e. The zero-order chi connectivity index (χ0) is 25.1. The van der Waals surface area contributed by atoms with Crippen LogP contribution in [0.5, 0.6) is 0 Å². The summed E-state index contributed by atoms with van der Waals surface area (Å²) in [4.78, 5) is 22.8. The minimum atomic E-state index is -0.507. The van der Waals surface area contributed by atoms with Crippen molar-refractivity contribution in [1.29, 1.82) is 0 Å². The number of fused-ring (bicyclic) bond motifs is 1. The van der Waals surface area contributed by atoms with Crippen LogP contribution in [0.15, 0.2) is 41.6 Å². The molecule has 7 nitrogen and oxygen atoms in total. The van der Waals surface area contributed by atoms with E-state index in [-0.39, 0.29) is 29.2 Å². The molecule has 0 amide bonds. The number of benzene rings is 1. The summed E-state index contributed by atoms with van der Waals surface area (Å²) >= 11 is 6.01.